The minimum Gasteiger partial charge on any atom is -0.355 e. The number of rotatable bonds is 7. The van der Waals surface area contributed by atoms with Gasteiger partial charge >= 0.3 is 0 Å². The van der Waals surface area contributed by atoms with E-state index in [1.165, 1.54) is 12.0 Å². The molecule has 1 atom stereocenters. The summed E-state index contributed by atoms with van der Waals surface area (Å²) in [7, 11) is 0. The molecule has 0 unspecified atom stereocenters. The highest BCUT2D eigenvalue weighted by Gasteiger charge is 2.20. The van der Waals surface area contributed by atoms with Crippen molar-refractivity contribution in [2.24, 2.45) is 5.92 Å². The minimum absolute atomic E-state index is 0.0837. The number of nitrogens with zero attached hydrogens (tertiary/aromatic N) is 1. The smallest absolute Gasteiger partial charge is 0.267 e. The summed E-state index contributed by atoms with van der Waals surface area (Å²) in [5, 5.41) is 8.28. The monoisotopic (exact) mass is 356 g/mol. The Balaban J connectivity index is 1.42. The Bertz CT molecular complexity index is 766. The molecule has 1 amide bonds. The highest BCUT2D eigenvalue weighted by atomic mass is 16.2. The first-order chi connectivity index (χ1) is 12.6. The number of likely N-dealkylation sites (tertiary alicyclic amines) is 1. The van der Waals surface area contributed by atoms with E-state index in [1.54, 1.807) is 6.92 Å². The molecule has 1 aromatic carbocycles. The number of amides is 1. The zero-order valence-electron chi connectivity index (χ0n) is 15.4. The maximum Gasteiger partial charge on any atom is 0.267 e. The molecule has 0 aliphatic carbocycles. The molecule has 1 aromatic heterocycles. The zero-order chi connectivity index (χ0) is 18.4. The van der Waals surface area contributed by atoms with Crippen LogP contribution in [0, 0.1) is 12.8 Å². The molecule has 0 saturated carbocycles. The van der Waals surface area contributed by atoms with Crippen molar-refractivity contribution in [2.75, 3.05) is 26.2 Å². The van der Waals surface area contributed by atoms with Crippen LogP contribution in [0.2, 0.25) is 0 Å². The van der Waals surface area contributed by atoms with Crippen LogP contribution >= 0.6 is 0 Å². The number of nitrogens with one attached hydrogen (secondary N) is 3. The molecular weight excluding hydrogens is 328 g/mol. The molecule has 1 aliphatic heterocycles. The lowest BCUT2D eigenvalue weighted by molar-refractivity contribution is -0.120. The second-order valence-corrected chi connectivity index (χ2v) is 7.21. The minimum atomic E-state index is -0.206. The molecule has 140 valence electrons. The van der Waals surface area contributed by atoms with E-state index < -0.39 is 0 Å². The molecule has 3 rings (SSSR count). The summed E-state index contributed by atoms with van der Waals surface area (Å²) in [6.07, 6.45) is 3.52. The number of piperidine rings is 1. The normalized spacial score (nSPS) is 18.0. The lowest BCUT2D eigenvalue weighted by Gasteiger charge is -2.32. The molecule has 1 saturated heterocycles. The van der Waals surface area contributed by atoms with Gasteiger partial charge in [0.15, 0.2) is 0 Å². The molecule has 0 bridgehead atoms. The number of H-pyrrole nitrogens is 2. The van der Waals surface area contributed by atoms with Crippen LogP contribution < -0.4 is 10.9 Å². The summed E-state index contributed by atoms with van der Waals surface area (Å²) < 4.78 is 0. The Morgan fingerprint density at radius 2 is 2.08 bits per heavy atom. The summed E-state index contributed by atoms with van der Waals surface area (Å²) in [4.78, 5) is 26.3. The summed E-state index contributed by atoms with van der Waals surface area (Å²) >= 11 is 0. The maximum absolute atomic E-state index is 12.2. The SMILES string of the molecule is Cc1[nH][nH]c(=O)c1CC(=O)NC[C@H]1CCCN(CCc2ccccc2)C1. The molecule has 6 heteroatoms. The lowest BCUT2D eigenvalue weighted by atomic mass is 9.97. The third-order valence-electron chi connectivity index (χ3n) is 5.18. The zero-order valence-corrected chi connectivity index (χ0v) is 15.4. The standard InChI is InChI=1S/C20H28N4O2/c1-15-18(20(26)23-22-15)12-19(25)21-13-17-8-5-10-24(14-17)11-9-16-6-3-2-4-7-16/h2-4,6-7,17H,5,8-14H2,1H3,(H,21,25)(H2,22,23,26)/t17-/m1/s1. The predicted molar refractivity (Wildman–Crippen MR) is 102 cm³/mol. The number of hydrogen-bond acceptors (Lipinski definition) is 3. The van der Waals surface area contributed by atoms with E-state index in [0.717, 1.165) is 38.2 Å². The van der Waals surface area contributed by atoms with Crippen molar-refractivity contribution in [1.82, 2.24) is 20.4 Å². The second kappa shape index (κ2) is 8.85. The number of carbonyl (C=O) groups excluding carboxylic acids is 1. The van der Waals surface area contributed by atoms with E-state index >= 15 is 0 Å². The van der Waals surface area contributed by atoms with Crippen molar-refractivity contribution < 1.29 is 4.79 Å². The van der Waals surface area contributed by atoms with Gasteiger partial charge in [-0.25, -0.2) is 0 Å². The number of carbonyl (C=O) groups is 1. The number of aryl methyl sites for hydroxylation is 1. The Morgan fingerprint density at radius 1 is 1.27 bits per heavy atom. The molecule has 26 heavy (non-hydrogen) atoms. The van der Waals surface area contributed by atoms with Gasteiger partial charge in [-0.05, 0) is 44.2 Å². The number of aromatic amines is 2. The van der Waals surface area contributed by atoms with Gasteiger partial charge in [-0.1, -0.05) is 30.3 Å². The predicted octanol–water partition coefficient (Wildman–Crippen LogP) is 1.62. The molecule has 0 radical (unpaired) electrons. The molecule has 6 nitrogen and oxygen atoms in total. The number of benzene rings is 1. The van der Waals surface area contributed by atoms with Crippen molar-refractivity contribution in [3.8, 4) is 0 Å². The first kappa shape index (κ1) is 18.5. The third-order valence-corrected chi connectivity index (χ3v) is 5.18. The highest BCUT2D eigenvalue weighted by Crippen LogP contribution is 2.16. The van der Waals surface area contributed by atoms with Crippen LogP contribution in [0.1, 0.15) is 29.7 Å². The molecule has 2 heterocycles. The Morgan fingerprint density at radius 3 is 2.81 bits per heavy atom. The van der Waals surface area contributed by atoms with Crippen LogP contribution in [0.25, 0.3) is 0 Å². The Kier molecular flexibility index (Phi) is 6.28. The van der Waals surface area contributed by atoms with Gasteiger partial charge in [0.1, 0.15) is 0 Å². The van der Waals surface area contributed by atoms with Crippen LogP contribution in [-0.4, -0.2) is 47.2 Å². The fourth-order valence-electron chi connectivity index (χ4n) is 3.62. The van der Waals surface area contributed by atoms with Crippen LogP contribution in [0.15, 0.2) is 35.1 Å². The maximum atomic E-state index is 12.2. The summed E-state index contributed by atoms with van der Waals surface area (Å²) in [6.45, 7) is 5.70. The summed E-state index contributed by atoms with van der Waals surface area (Å²) in [5.74, 6) is 0.397. The van der Waals surface area contributed by atoms with E-state index in [1.807, 2.05) is 6.07 Å². The van der Waals surface area contributed by atoms with E-state index in [2.05, 4.69) is 44.7 Å². The van der Waals surface area contributed by atoms with Crippen molar-refractivity contribution in [3.05, 3.63) is 57.5 Å². The Hall–Kier alpha value is -2.34. The van der Waals surface area contributed by atoms with Crippen molar-refractivity contribution in [3.63, 3.8) is 0 Å². The van der Waals surface area contributed by atoms with Gasteiger partial charge in [-0.15, -0.1) is 0 Å². The van der Waals surface area contributed by atoms with Gasteiger partial charge in [0.25, 0.3) is 5.56 Å². The average molecular weight is 356 g/mol. The van der Waals surface area contributed by atoms with E-state index in [4.69, 9.17) is 0 Å². The molecule has 0 spiro atoms. The first-order valence-corrected chi connectivity index (χ1v) is 9.41. The topological polar surface area (TPSA) is 81.0 Å². The van der Waals surface area contributed by atoms with E-state index in [0.29, 0.717) is 18.0 Å². The van der Waals surface area contributed by atoms with Crippen molar-refractivity contribution >= 4 is 5.91 Å². The van der Waals surface area contributed by atoms with E-state index in [9.17, 15) is 9.59 Å². The van der Waals surface area contributed by atoms with Gasteiger partial charge in [-0.3, -0.25) is 14.7 Å². The largest absolute Gasteiger partial charge is 0.355 e. The molecular formula is C20H28N4O2. The van der Waals surface area contributed by atoms with Gasteiger partial charge in [0, 0.05) is 30.9 Å². The first-order valence-electron chi connectivity index (χ1n) is 9.41. The van der Waals surface area contributed by atoms with Gasteiger partial charge in [0.05, 0.1) is 6.42 Å². The summed E-state index contributed by atoms with van der Waals surface area (Å²) in [6, 6.07) is 10.6. The van der Waals surface area contributed by atoms with Crippen LogP contribution in [0.5, 0.6) is 0 Å². The molecule has 3 N–H and O–H groups in total. The average Bonchev–Trinajstić information content (AvgIpc) is 2.98. The second-order valence-electron chi connectivity index (χ2n) is 7.21. The van der Waals surface area contributed by atoms with Crippen LogP contribution in [-0.2, 0) is 17.6 Å². The van der Waals surface area contributed by atoms with Crippen molar-refractivity contribution in [2.45, 2.75) is 32.6 Å². The molecule has 1 aliphatic rings. The highest BCUT2D eigenvalue weighted by molar-refractivity contribution is 5.78. The number of hydrogen-bond donors (Lipinski definition) is 3. The van der Waals surface area contributed by atoms with Gasteiger partial charge < -0.3 is 15.3 Å². The van der Waals surface area contributed by atoms with Gasteiger partial charge in [-0.2, -0.15) is 0 Å². The summed E-state index contributed by atoms with van der Waals surface area (Å²) in [5.41, 5.74) is 2.42. The van der Waals surface area contributed by atoms with Crippen LogP contribution in [0.4, 0.5) is 0 Å². The van der Waals surface area contributed by atoms with Gasteiger partial charge in [0.2, 0.25) is 5.91 Å². The number of aromatic nitrogens is 2. The van der Waals surface area contributed by atoms with Crippen LogP contribution in [0.3, 0.4) is 0 Å². The molecule has 2 aromatic rings. The van der Waals surface area contributed by atoms with Crippen molar-refractivity contribution in [1.29, 1.82) is 0 Å². The van der Waals surface area contributed by atoms with E-state index in [-0.39, 0.29) is 17.9 Å². The third kappa shape index (κ3) is 5.08. The quantitative estimate of drug-likeness (QED) is 0.705. The fourth-order valence-corrected chi connectivity index (χ4v) is 3.62. The Labute approximate surface area is 154 Å². The lowest BCUT2D eigenvalue weighted by Crippen LogP contribution is -2.42. The fraction of sp³-hybridized carbons (Fsp3) is 0.500. The molecule has 1 fully saturated rings.